The number of methoxy groups -OCH3 is 1. The van der Waals surface area contributed by atoms with Crippen molar-refractivity contribution in [2.24, 2.45) is 5.10 Å². The summed E-state index contributed by atoms with van der Waals surface area (Å²) in [6.45, 7) is 4.34. The molecule has 4 rings (SSSR count). The molecule has 0 aliphatic heterocycles. The highest BCUT2D eigenvalue weighted by atomic mass is 127. The fourth-order valence-electron chi connectivity index (χ4n) is 3.65. The normalized spacial score (nSPS) is 12.3. The first-order chi connectivity index (χ1) is 17.7. The molecule has 0 amide bonds. The summed E-state index contributed by atoms with van der Waals surface area (Å²) in [5.41, 5.74) is 1.98. The van der Waals surface area contributed by atoms with Gasteiger partial charge >= 0.3 is 0 Å². The Labute approximate surface area is 246 Å². The first kappa shape index (κ1) is 27.9. The Morgan fingerprint density at radius 2 is 1.97 bits per heavy atom. The summed E-state index contributed by atoms with van der Waals surface area (Å²) >= 11 is 17.9. The Hall–Kier alpha value is -2.14. The number of fused-ring (bicyclic) bond motifs is 1. The van der Waals surface area contributed by atoms with Crippen molar-refractivity contribution in [2.45, 2.75) is 32.8 Å². The second-order valence-corrected chi connectivity index (χ2v) is 11.3. The number of aromatic nitrogens is 2. The minimum absolute atomic E-state index is 0.0445. The molecule has 0 aliphatic rings. The van der Waals surface area contributed by atoms with Gasteiger partial charge in [0.25, 0.3) is 5.56 Å². The minimum atomic E-state index is -0.223. The molecule has 10 heteroatoms. The monoisotopic (exact) mass is 713 g/mol. The average molecular weight is 715 g/mol. The van der Waals surface area contributed by atoms with E-state index in [1.807, 2.05) is 37.3 Å². The molecule has 1 atom stereocenters. The van der Waals surface area contributed by atoms with Crippen LogP contribution in [0.25, 0.3) is 10.9 Å². The van der Waals surface area contributed by atoms with Gasteiger partial charge in [0.05, 0.1) is 27.8 Å². The number of ether oxygens (including phenoxy) is 2. The van der Waals surface area contributed by atoms with E-state index in [9.17, 15) is 4.79 Å². The molecule has 0 radical (unpaired) electrons. The Morgan fingerprint density at radius 1 is 1.19 bits per heavy atom. The lowest BCUT2D eigenvalue weighted by molar-refractivity contribution is 0.282. The van der Waals surface area contributed by atoms with Gasteiger partial charge in [-0.15, -0.1) is 0 Å². The van der Waals surface area contributed by atoms with Crippen LogP contribution >= 0.6 is 61.7 Å². The maximum atomic E-state index is 13.4. The van der Waals surface area contributed by atoms with E-state index in [0.717, 1.165) is 25.6 Å². The minimum Gasteiger partial charge on any atom is -0.493 e. The first-order valence-electron chi connectivity index (χ1n) is 11.4. The lowest BCUT2D eigenvalue weighted by Crippen LogP contribution is -2.23. The van der Waals surface area contributed by atoms with Crippen molar-refractivity contribution in [3.63, 3.8) is 0 Å². The van der Waals surface area contributed by atoms with E-state index in [-0.39, 0.29) is 18.1 Å². The Bertz CT molecular complexity index is 1560. The highest BCUT2D eigenvalue weighted by Crippen LogP contribution is 2.35. The van der Waals surface area contributed by atoms with Crippen LogP contribution in [0.5, 0.6) is 11.5 Å². The maximum absolute atomic E-state index is 13.4. The van der Waals surface area contributed by atoms with Crippen LogP contribution < -0.4 is 15.0 Å². The topological polar surface area (TPSA) is 65.7 Å². The molecule has 37 heavy (non-hydrogen) atoms. The van der Waals surface area contributed by atoms with E-state index in [4.69, 9.17) is 37.7 Å². The molecule has 0 spiro atoms. The Morgan fingerprint density at radius 3 is 2.68 bits per heavy atom. The summed E-state index contributed by atoms with van der Waals surface area (Å²) in [5, 5.41) is 6.15. The number of hydrogen-bond acceptors (Lipinski definition) is 5. The van der Waals surface area contributed by atoms with Crippen LogP contribution in [-0.2, 0) is 6.61 Å². The number of hydrogen-bond donors (Lipinski definition) is 0. The van der Waals surface area contributed by atoms with Crippen LogP contribution in [0.15, 0.2) is 62.9 Å². The van der Waals surface area contributed by atoms with Gasteiger partial charge in [-0.1, -0.05) is 59.0 Å². The van der Waals surface area contributed by atoms with Crippen molar-refractivity contribution in [1.82, 2.24) is 9.66 Å². The molecule has 1 heterocycles. The van der Waals surface area contributed by atoms with Crippen LogP contribution in [0, 0.1) is 3.57 Å². The third kappa shape index (κ3) is 6.30. The van der Waals surface area contributed by atoms with Crippen LogP contribution in [0.3, 0.4) is 0 Å². The van der Waals surface area contributed by atoms with Gasteiger partial charge in [-0.25, -0.2) is 4.98 Å². The Balaban J connectivity index is 1.69. The van der Waals surface area contributed by atoms with E-state index in [2.05, 4.69) is 50.5 Å². The molecule has 0 N–H and O–H groups in total. The van der Waals surface area contributed by atoms with Crippen LogP contribution in [0.1, 0.15) is 43.1 Å². The van der Waals surface area contributed by atoms with E-state index in [1.54, 1.807) is 31.5 Å². The summed E-state index contributed by atoms with van der Waals surface area (Å²) in [6, 6.07) is 14.5. The highest BCUT2D eigenvalue weighted by molar-refractivity contribution is 14.1. The van der Waals surface area contributed by atoms with Crippen LogP contribution in [0.4, 0.5) is 0 Å². The lowest BCUT2D eigenvalue weighted by atomic mass is 10.1. The Kier molecular flexibility index (Phi) is 9.15. The molecule has 3 aromatic carbocycles. The summed E-state index contributed by atoms with van der Waals surface area (Å²) in [4.78, 5) is 18.1. The van der Waals surface area contributed by atoms with Gasteiger partial charge in [0, 0.05) is 26.0 Å². The quantitative estimate of drug-likeness (QED) is 0.137. The molecule has 0 aliphatic carbocycles. The molecule has 1 aromatic heterocycles. The van der Waals surface area contributed by atoms with Crippen molar-refractivity contribution >= 4 is 78.8 Å². The summed E-state index contributed by atoms with van der Waals surface area (Å²) < 4.78 is 14.7. The van der Waals surface area contributed by atoms with Crippen molar-refractivity contribution < 1.29 is 9.47 Å². The van der Waals surface area contributed by atoms with Gasteiger partial charge in [-0.2, -0.15) is 9.78 Å². The molecule has 0 saturated carbocycles. The van der Waals surface area contributed by atoms with Crippen molar-refractivity contribution in [1.29, 1.82) is 0 Å². The molecule has 0 fully saturated rings. The zero-order chi connectivity index (χ0) is 26.7. The van der Waals surface area contributed by atoms with Crippen LogP contribution in [0.2, 0.25) is 10.0 Å². The van der Waals surface area contributed by atoms with E-state index < -0.39 is 0 Å². The smallest absolute Gasteiger partial charge is 0.282 e. The van der Waals surface area contributed by atoms with E-state index in [0.29, 0.717) is 38.3 Å². The largest absolute Gasteiger partial charge is 0.493 e. The van der Waals surface area contributed by atoms with Gasteiger partial charge in [0.2, 0.25) is 0 Å². The van der Waals surface area contributed by atoms with Crippen LogP contribution in [-0.4, -0.2) is 23.0 Å². The van der Waals surface area contributed by atoms with Crippen molar-refractivity contribution in [3.05, 3.63) is 93.9 Å². The third-order valence-electron chi connectivity index (χ3n) is 5.85. The molecule has 0 unspecified atom stereocenters. The van der Waals surface area contributed by atoms with Gasteiger partial charge < -0.3 is 9.47 Å². The second kappa shape index (κ2) is 12.1. The number of benzene rings is 3. The summed E-state index contributed by atoms with van der Waals surface area (Å²) in [7, 11) is 1.57. The van der Waals surface area contributed by atoms with Crippen molar-refractivity contribution in [3.8, 4) is 11.5 Å². The fraction of sp³-hybridized carbons (Fsp3) is 0.222. The SMILES string of the molecule is CC[C@@H](C)c1nc2ccc(Br)cc2c(=O)n1N=Cc1cc(I)c(OCc2ccc(Cl)cc2Cl)c(OC)c1. The fourth-order valence-corrected chi connectivity index (χ4v) is 5.25. The predicted molar refractivity (Wildman–Crippen MR) is 162 cm³/mol. The van der Waals surface area contributed by atoms with E-state index >= 15 is 0 Å². The lowest BCUT2D eigenvalue weighted by Gasteiger charge is -2.15. The molecule has 0 saturated heterocycles. The second-order valence-electron chi connectivity index (χ2n) is 8.36. The van der Waals surface area contributed by atoms with Gasteiger partial charge in [0.1, 0.15) is 12.4 Å². The molecule has 192 valence electrons. The number of nitrogens with zero attached hydrogens (tertiary/aromatic N) is 3. The third-order valence-corrected chi connectivity index (χ3v) is 7.73. The predicted octanol–water partition coefficient (Wildman–Crippen LogP) is 8.05. The molecular weight excluding hydrogens is 692 g/mol. The number of rotatable bonds is 8. The zero-order valence-electron chi connectivity index (χ0n) is 20.3. The van der Waals surface area contributed by atoms with Gasteiger partial charge in [-0.05, 0) is 77.0 Å². The first-order valence-corrected chi connectivity index (χ1v) is 14.0. The molecular formula is C27H23BrCl2IN3O3. The highest BCUT2D eigenvalue weighted by Gasteiger charge is 2.16. The van der Waals surface area contributed by atoms with Gasteiger partial charge in [0.15, 0.2) is 11.5 Å². The molecule has 4 aromatic rings. The number of halogens is 4. The van der Waals surface area contributed by atoms with E-state index in [1.165, 1.54) is 4.68 Å². The maximum Gasteiger partial charge on any atom is 0.282 e. The van der Waals surface area contributed by atoms with Crippen molar-refractivity contribution in [2.75, 3.05) is 7.11 Å². The standard InChI is InChI=1S/C27H23BrCl2IN3O3/c1-4-15(2)26-33-23-8-6-18(28)11-20(23)27(35)34(26)32-13-16-9-22(31)25(24(10-16)36-3)37-14-17-5-7-19(29)12-21(17)30/h5-13,15H,4,14H2,1-3H3/t15-/m1/s1. The molecule has 0 bridgehead atoms. The zero-order valence-corrected chi connectivity index (χ0v) is 25.5. The summed E-state index contributed by atoms with van der Waals surface area (Å²) in [6.07, 6.45) is 2.45. The summed E-state index contributed by atoms with van der Waals surface area (Å²) in [5.74, 6) is 1.78. The van der Waals surface area contributed by atoms with Gasteiger partial charge in [-0.3, -0.25) is 4.79 Å². The average Bonchev–Trinajstić information content (AvgIpc) is 2.87. The molecule has 6 nitrogen and oxygen atoms in total.